The van der Waals surface area contributed by atoms with Crippen LogP contribution in [-0.4, -0.2) is 38.7 Å². The van der Waals surface area contributed by atoms with Gasteiger partial charge in [-0.05, 0) is 36.4 Å². The van der Waals surface area contributed by atoms with Gasteiger partial charge < -0.3 is 0 Å². The van der Waals surface area contributed by atoms with E-state index in [0.29, 0.717) is 0 Å². The van der Waals surface area contributed by atoms with E-state index in [4.69, 9.17) is 23.2 Å². The van der Waals surface area contributed by atoms with Crippen LogP contribution < -0.4 is 0 Å². The molecule has 1 aliphatic heterocycles. The van der Waals surface area contributed by atoms with Crippen LogP contribution in [0.2, 0.25) is 10.0 Å². The third-order valence-electron chi connectivity index (χ3n) is 5.87. The summed E-state index contributed by atoms with van der Waals surface area (Å²) in [6, 6.07) is 13.5. The first-order chi connectivity index (χ1) is 17.1. The fourth-order valence-electron chi connectivity index (χ4n) is 4.21. The maximum absolute atomic E-state index is 13.7. The van der Waals surface area contributed by atoms with Gasteiger partial charge in [0.1, 0.15) is 5.82 Å². The molecule has 0 fully saturated rings. The van der Waals surface area contributed by atoms with Crippen LogP contribution in [0.4, 0.5) is 13.2 Å². The van der Waals surface area contributed by atoms with E-state index in [1.165, 1.54) is 36.4 Å². The highest BCUT2D eigenvalue weighted by molar-refractivity contribution is 6.42. The zero-order valence-corrected chi connectivity index (χ0v) is 19.7. The molecule has 0 aliphatic carbocycles. The van der Waals surface area contributed by atoms with E-state index >= 15 is 0 Å². The van der Waals surface area contributed by atoms with Crippen molar-refractivity contribution in [2.75, 3.05) is 6.54 Å². The van der Waals surface area contributed by atoms with Crippen LogP contribution in [0.1, 0.15) is 42.5 Å². The number of rotatable bonds is 4. The Morgan fingerprint density at radius 3 is 2.11 bits per heavy atom. The summed E-state index contributed by atoms with van der Waals surface area (Å²) in [6.07, 6.45) is -4.88. The fraction of sp³-hybridized carbons (Fsp3) is 0.120. The van der Waals surface area contributed by atoms with Crippen LogP contribution >= 0.6 is 23.2 Å². The topological polar surface area (TPSA) is 72.3 Å². The standard InChI is InChI=1S/C25H14Cl2F3N3O3/c26-17-11-19-20(12-18(17)27)33(24(36)15-7-3-4-8-16(15)25(28,29)30)21(31-19)9-10-32-22(34)13-5-1-2-6-14(13)23(32)35/h1-8,11-12H,9-10H2. The fourth-order valence-corrected chi connectivity index (χ4v) is 4.52. The lowest BCUT2D eigenvalue weighted by Crippen LogP contribution is -2.32. The SMILES string of the molecule is O=C1c2ccccc2C(=O)N1CCc1nc2cc(Cl)c(Cl)cc2n1C(=O)c1ccccc1C(F)(F)F. The van der Waals surface area contributed by atoms with Crippen LogP contribution in [0.15, 0.2) is 60.7 Å². The lowest BCUT2D eigenvalue weighted by Gasteiger charge is -2.16. The molecule has 36 heavy (non-hydrogen) atoms. The molecule has 0 unspecified atom stereocenters. The van der Waals surface area contributed by atoms with Crippen molar-refractivity contribution in [1.82, 2.24) is 14.5 Å². The van der Waals surface area contributed by atoms with Crippen molar-refractivity contribution in [3.05, 3.63) is 98.8 Å². The number of alkyl halides is 3. The molecule has 4 aromatic rings. The quantitative estimate of drug-likeness (QED) is 0.308. The van der Waals surface area contributed by atoms with Crippen molar-refractivity contribution in [3.63, 3.8) is 0 Å². The van der Waals surface area contributed by atoms with Crippen LogP contribution in [0.5, 0.6) is 0 Å². The van der Waals surface area contributed by atoms with Crippen molar-refractivity contribution >= 4 is 52.0 Å². The van der Waals surface area contributed by atoms with E-state index in [1.54, 1.807) is 12.1 Å². The van der Waals surface area contributed by atoms with Gasteiger partial charge in [-0.25, -0.2) is 4.98 Å². The second kappa shape index (κ2) is 8.76. The predicted molar refractivity (Wildman–Crippen MR) is 126 cm³/mol. The number of hydrogen-bond acceptors (Lipinski definition) is 4. The molecule has 0 N–H and O–H groups in total. The van der Waals surface area contributed by atoms with E-state index in [-0.39, 0.29) is 51.0 Å². The van der Waals surface area contributed by atoms with Crippen molar-refractivity contribution in [3.8, 4) is 0 Å². The zero-order valence-electron chi connectivity index (χ0n) is 18.1. The van der Waals surface area contributed by atoms with Gasteiger partial charge in [0.15, 0.2) is 0 Å². The van der Waals surface area contributed by atoms with Crippen molar-refractivity contribution in [1.29, 1.82) is 0 Å². The highest BCUT2D eigenvalue weighted by atomic mass is 35.5. The minimum Gasteiger partial charge on any atom is -0.274 e. The number of hydrogen-bond donors (Lipinski definition) is 0. The van der Waals surface area contributed by atoms with Crippen LogP contribution in [0.25, 0.3) is 11.0 Å². The van der Waals surface area contributed by atoms with Gasteiger partial charge in [0.2, 0.25) is 0 Å². The molecule has 0 spiro atoms. The number of carbonyl (C=O) groups excluding carboxylic acids is 3. The number of nitrogens with zero attached hydrogens (tertiary/aromatic N) is 3. The number of fused-ring (bicyclic) bond motifs is 2. The molecule has 0 radical (unpaired) electrons. The lowest BCUT2D eigenvalue weighted by atomic mass is 10.1. The molecule has 2 heterocycles. The molecule has 0 saturated carbocycles. The van der Waals surface area contributed by atoms with Gasteiger partial charge in [-0.1, -0.05) is 47.5 Å². The number of aromatic nitrogens is 2. The second-order valence-corrected chi connectivity index (χ2v) is 8.84. The lowest BCUT2D eigenvalue weighted by molar-refractivity contribution is -0.137. The first-order valence-corrected chi connectivity index (χ1v) is 11.4. The minimum atomic E-state index is -4.77. The average Bonchev–Trinajstić information content (AvgIpc) is 3.31. The Morgan fingerprint density at radius 2 is 1.47 bits per heavy atom. The summed E-state index contributed by atoms with van der Waals surface area (Å²) < 4.78 is 42.0. The van der Waals surface area contributed by atoms with Gasteiger partial charge in [-0.15, -0.1) is 0 Å². The summed E-state index contributed by atoms with van der Waals surface area (Å²) in [6.45, 7) is -0.147. The Balaban J connectivity index is 1.58. The molecular weight excluding hydrogens is 518 g/mol. The number of amides is 2. The van der Waals surface area contributed by atoms with Crippen LogP contribution in [0.3, 0.4) is 0 Å². The zero-order chi connectivity index (χ0) is 25.8. The minimum absolute atomic E-state index is 0.0434. The van der Waals surface area contributed by atoms with Gasteiger partial charge in [0, 0.05) is 13.0 Å². The molecule has 11 heteroatoms. The van der Waals surface area contributed by atoms with Gasteiger partial charge in [0.25, 0.3) is 17.7 Å². The van der Waals surface area contributed by atoms with E-state index < -0.39 is 35.0 Å². The highest BCUT2D eigenvalue weighted by Gasteiger charge is 2.37. The molecular formula is C25H14Cl2F3N3O3. The van der Waals surface area contributed by atoms with Crippen molar-refractivity contribution < 1.29 is 27.6 Å². The smallest absolute Gasteiger partial charge is 0.274 e. The van der Waals surface area contributed by atoms with Crippen molar-refractivity contribution in [2.45, 2.75) is 12.6 Å². The van der Waals surface area contributed by atoms with E-state index in [0.717, 1.165) is 21.6 Å². The first-order valence-electron chi connectivity index (χ1n) is 10.6. The maximum Gasteiger partial charge on any atom is 0.417 e. The normalized spacial score (nSPS) is 13.5. The Hall–Kier alpha value is -3.69. The van der Waals surface area contributed by atoms with E-state index in [1.807, 2.05) is 0 Å². The monoisotopic (exact) mass is 531 g/mol. The summed E-state index contributed by atoms with van der Waals surface area (Å²) >= 11 is 12.2. The maximum atomic E-state index is 13.7. The number of halogens is 5. The first kappa shape index (κ1) is 24.0. The van der Waals surface area contributed by atoms with Gasteiger partial charge in [0.05, 0.1) is 43.3 Å². The third-order valence-corrected chi connectivity index (χ3v) is 6.59. The number of imide groups is 1. The van der Waals surface area contributed by atoms with Crippen molar-refractivity contribution in [2.24, 2.45) is 0 Å². The summed E-state index contributed by atoms with van der Waals surface area (Å²) in [4.78, 5) is 44.4. The Kier molecular flexibility index (Phi) is 5.84. The van der Waals surface area contributed by atoms with Gasteiger partial charge in [-0.3, -0.25) is 23.9 Å². The number of carbonyl (C=O) groups is 3. The molecule has 0 atom stereocenters. The number of benzene rings is 3. The third kappa shape index (κ3) is 3.94. The summed E-state index contributed by atoms with van der Waals surface area (Å²) in [5, 5.41) is 0.220. The molecule has 0 saturated heterocycles. The van der Waals surface area contributed by atoms with Gasteiger partial charge >= 0.3 is 6.18 Å². The second-order valence-electron chi connectivity index (χ2n) is 8.02. The molecule has 2 amide bonds. The molecule has 5 rings (SSSR count). The Bertz CT molecular complexity index is 1550. The summed E-state index contributed by atoms with van der Waals surface area (Å²) in [5.74, 6) is -1.95. The van der Waals surface area contributed by atoms with Crippen LogP contribution in [-0.2, 0) is 12.6 Å². The molecule has 1 aromatic heterocycles. The van der Waals surface area contributed by atoms with E-state index in [2.05, 4.69) is 4.98 Å². The van der Waals surface area contributed by atoms with Gasteiger partial charge in [-0.2, -0.15) is 13.2 Å². The van der Waals surface area contributed by atoms with Crippen LogP contribution in [0, 0.1) is 0 Å². The Labute approximate surface area is 211 Å². The molecule has 182 valence electrons. The molecule has 1 aliphatic rings. The average molecular weight is 532 g/mol. The number of imidazole rings is 1. The predicted octanol–water partition coefficient (Wildman–Crippen LogP) is 5.89. The summed E-state index contributed by atoms with van der Waals surface area (Å²) in [5.41, 5.74) is -0.821. The van der Waals surface area contributed by atoms with E-state index in [9.17, 15) is 27.6 Å². The highest BCUT2D eigenvalue weighted by Crippen LogP contribution is 2.34. The molecule has 3 aromatic carbocycles. The largest absolute Gasteiger partial charge is 0.417 e. The molecule has 6 nitrogen and oxygen atoms in total. The summed E-state index contributed by atoms with van der Waals surface area (Å²) in [7, 11) is 0. The molecule has 0 bridgehead atoms. The Morgan fingerprint density at radius 1 is 0.889 bits per heavy atom.